The van der Waals surface area contributed by atoms with E-state index in [1.165, 1.54) is 33.0 Å². The molecule has 0 unspecified atom stereocenters. The molecule has 1 heterocycles. The molecule has 0 bridgehead atoms. The van der Waals surface area contributed by atoms with Crippen molar-refractivity contribution < 1.29 is 9.53 Å². The Kier molecular flexibility index (Phi) is 5.03. The second-order valence-corrected chi connectivity index (χ2v) is 7.67. The van der Waals surface area contributed by atoms with E-state index in [0.717, 1.165) is 12.0 Å². The third-order valence-electron chi connectivity index (χ3n) is 5.62. The summed E-state index contributed by atoms with van der Waals surface area (Å²) in [6, 6.07) is 24.7. The van der Waals surface area contributed by atoms with E-state index in [4.69, 9.17) is 4.74 Å². The van der Waals surface area contributed by atoms with E-state index >= 15 is 0 Å². The lowest BCUT2D eigenvalue weighted by atomic mass is 10.1. The molecule has 0 atom stereocenters. The van der Waals surface area contributed by atoms with Gasteiger partial charge >= 0.3 is 0 Å². The molecule has 0 saturated carbocycles. The second-order valence-electron chi connectivity index (χ2n) is 7.67. The van der Waals surface area contributed by atoms with Gasteiger partial charge in [0.05, 0.1) is 12.8 Å². The minimum atomic E-state index is -0.344. The number of ether oxygens (including phenoxy) is 1. The van der Waals surface area contributed by atoms with Crippen molar-refractivity contribution in [3.8, 4) is 28.1 Å². The van der Waals surface area contributed by atoms with Crippen molar-refractivity contribution >= 4 is 11.6 Å². The van der Waals surface area contributed by atoms with Crippen LogP contribution in [-0.4, -0.2) is 22.8 Å². The van der Waals surface area contributed by atoms with Crippen LogP contribution in [0.25, 0.3) is 22.4 Å². The molecule has 6 heteroatoms. The predicted octanol–water partition coefficient (Wildman–Crippen LogP) is 4.13. The number of para-hydroxylation sites is 1. The highest BCUT2D eigenvalue weighted by Crippen LogP contribution is 2.37. The minimum absolute atomic E-state index is 0.181. The maximum Gasteiger partial charge on any atom is 0.267 e. The molecule has 0 fully saturated rings. The van der Waals surface area contributed by atoms with Crippen molar-refractivity contribution in [2.45, 2.75) is 13.0 Å². The van der Waals surface area contributed by atoms with Gasteiger partial charge in [-0.1, -0.05) is 42.5 Å². The van der Waals surface area contributed by atoms with Crippen molar-refractivity contribution in [3.63, 3.8) is 0 Å². The summed E-state index contributed by atoms with van der Waals surface area (Å²) in [7, 11) is 1.58. The smallest absolute Gasteiger partial charge is 0.267 e. The summed E-state index contributed by atoms with van der Waals surface area (Å²) in [5, 5.41) is 7.27. The molecule has 3 aromatic carbocycles. The first-order valence-electron chi connectivity index (χ1n) is 10.3. The lowest BCUT2D eigenvalue weighted by molar-refractivity contribution is -0.117. The highest BCUT2D eigenvalue weighted by molar-refractivity contribution is 5.91. The Labute approximate surface area is 185 Å². The Morgan fingerprint density at radius 2 is 1.69 bits per heavy atom. The van der Waals surface area contributed by atoms with Crippen LogP contribution in [0.3, 0.4) is 0 Å². The molecule has 32 heavy (non-hydrogen) atoms. The Hall–Kier alpha value is -4.19. The van der Waals surface area contributed by atoms with E-state index in [9.17, 15) is 9.59 Å². The molecule has 0 spiro atoms. The van der Waals surface area contributed by atoms with Gasteiger partial charge in [0.25, 0.3) is 5.56 Å². The Bertz CT molecular complexity index is 1390. The third-order valence-corrected chi connectivity index (χ3v) is 5.62. The monoisotopic (exact) mass is 423 g/mol. The Morgan fingerprint density at radius 1 is 0.938 bits per heavy atom. The molecular weight excluding hydrogens is 402 g/mol. The van der Waals surface area contributed by atoms with Gasteiger partial charge in [-0.15, -0.1) is 0 Å². The van der Waals surface area contributed by atoms with E-state index in [1.54, 1.807) is 13.2 Å². The fourth-order valence-electron chi connectivity index (χ4n) is 4.12. The summed E-state index contributed by atoms with van der Waals surface area (Å²) in [6.07, 6.45) is 0.844. The SMILES string of the molecule is COc1ccccc1-c1ccc(=O)n(CC(=O)Nc2ccc3c(c2)Cc2ccccc2-3)n1. The van der Waals surface area contributed by atoms with Gasteiger partial charge in [0.15, 0.2) is 0 Å². The summed E-state index contributed by atoms with van der Waals surface area (Å²) >= 11 is 0. The van der Waals surface area contributed by atoms with Crippen LogP contribution in [0.15, 0.2) is 83.7 Å². The molecule has 1 aromatic heterocycles. The van der Waals surface area contributed by atoms with Crippen LogP contribution in [0.5, 0.6) is 5.75 Å². The fourth-order valence-corrected chi connectivity index (χ4v) is 4.12. The number of carbonyl (C=O) groups is 1. The van der Waals surface area contributed by atoms with E-state index in [2.05, 4.69) is 22.5 Å². The summed E-state index contributed by atoms with van der Waals surface area (Å²) in [5.74, 6) is 0.334. The third kappa shape index (κ3) is 3.67. The zero-order valence-corrected chi connectivity index (χ0v) is 17.5. The van der Waals surface area contributed by atoms with E-state index in [-0.39, 0.29) is 18.0 Å². The van der Waals surface area contributed by atoms with Gasteiger partial charge in [0.1, 0.15) is 12.3 Å². The summed E-state index contributed by atoms with van der Waals surface area (Å²) in [4.78, 5) is 25.0. The number of benzene rings is 3. The fraction of sp³-hybridized carbons (Fsp3) is 0.115. The zero-order valence-electron chi connectivity index (χ0n) is 17.5. The summed E-state index contributed by atoms with van der Waals surface area (Å²) in [5.41, 5.74) is 6.57. The van der Waals surface area contributed by atoms with Crippen LogP contribution < -0.4 is 15.6 Å². The molecule has 158 valence electrons. The Balaban J connectivity index is 1.35. The highest BCUT2D eigenvalue weighted by Gasteiger charge is 2.18. The van der Waals surface area contributed by atoms with Crippen molar-refractivity contribution in [2.75, 3.05) is 12.4 Å². The number of hydrogen-bond acceptors (Lipinski definition) is 4. The lowest BCUT2D eigenvalue weighted by Crippen LogP contribution is -2.29. The maximum atomic E-state index is 12.7. The van der Waals surface area contributed by atoms with Crippen LogP contribution in [0.2, 0.25) is 0 Å². The molecule has 1 aliphatic rings. The number of amides is 1. The molecular formula is C26H21N3O3. The predicted molar refractivity (Wildman–Crippen MR) is 124 cm³/mol. The van der Waals surface area contributed by atoms with Crippen LogP contribution >= 0.6 is 0 Å². The molecule has 0 aliphatic heterocycles. The number of nitrogens with zero attached hydrogens (tertiary/aromatic N) is 2. The number of aromatic nitrogens is 2. The zero-order chi connectivity index (χ0) is 22.1. The van der Waals surface area contributed by atoms with Gasteiger partial charge in [0, 0.05) is 17.3 Å². The molecule has 0 radical (unpaired) electrons. The largest absolute Gasteiger partial charge is 0.496 e. The first kappa shape index (κ1) is 19.8. The molecule has 0 saturated heterocycles. The number of hydrogen-bond donors (Lipinski definition) is 1. The summed E-state index contributed by atoms with van der Waals surface area (Å²) in [6.45, 7) is -0.181. The van der Waals surface area contributed by atoms with Gasteiger partial charge in [0.2, 0.25) is 5.91 Å². The number of fused-ring (bicyclic) bond motifs is 3. The van der Waals surface area contributed by atoms with Crippen molar-refractivity contribution in [1.82, 2.24) is 9.78 Å². The van der Waals surface area contributed by atoms with E-state index < -0.39 is 0 Å². The number of carbonyl (C=O) groups excluding carboxylic acids is 1. The van der Waals surface area contributed by atoms with Gasteiger partial charge in [-0.2, -0.15) is 5.10 Å². The maximum absolute atomic E-state index is 12.7. The van der Waals surface area contributed by atoms with E-state index in [1.807, 2.05) is 54.6 Å². The molecule has 1 N–H and O–H groups in total. The van der Waals surface area contributed by atoms with Crippen LogP contribution in [0.1, 0.15) is 11.1 Å². The molecule has 1 aliphatic carbocycles. The quantitative estimate of drug-likeness (QED) is 0.461. The van der Waals surface area contributed by atoms with Gasteiger partial charge < -0.3 is 10.1 Å². The molecule has 5 rings (SSSR count). The molecule has 1 amide bonds. The van der Waals surface area contributed by atoms with Gasteiger partial charge in [-0.05, 0) is 59.0 Å². The first-order chi connectivity index (χ1) is 15.6. The van der Waals surface area contributed by atoms with E-state index in [0.29, 0.717) is 17.1 Å². The number of nitrogens with one attached hydrogen (secondary N) is 1. The lowest BCUT2D eigenvalue weighted by Gasteiger charge is -2.11. The minimum Gasteiger partial charge on any atom is -0.496 e. The van der Waals surface area contributed by atoms with Crippen LogP contribution in [0.4, 0.5) is 5.69 Å². The number of anilines is 1. The van der Waals surface area contributed by atoms with Crippen molar-refractivity contribution in [3.05, 3.63) is 100 Å². The van der Waals surface area contributed by atoms with Crippen molar-refractivity contribution in [1.29, 1.82) is 0 Å². The summed E-state index contributed by atoms with van der Waals surface area (Å²) < 4.78 is 6.55. The average molecular weight is 423 g/mol. The topological polar surface area (TPSA) is 73.2 Å². The molecule has 6 nitrogen and oxygen atoms in total. The number of rotatable bonds is 5. The normalized spacial score (nSPS) is 11.5. The first-order valence-corrected chi connectivity index (χ1v) is 10.3. The Morgan fingerprint density at radius 3 is 2.53 bits per heavy atom. The van der Waals surface area contributed by atoms with Crippen molar-refractivity contribution in [2.24, 2.45) is 0 Å². The van der Waals surface area contributed by atoms with Crippen LogP contribution in [-0.2, 0) is 17.8 Å². The van der Waals surface area contributed by atoms with Crippen LogP contribution in [0, 0.1) is 0 Å². The van der Waals surface area contributed by atoms with Gasteiger partial charge in [-0.3, -0.25) is 9.59 Å². The van der Waals surface area contributed by atoms with Gasteiger partial charge in [-0.25, -0.2) is 4.68 Å². The number of methoxy groups -OCH3 is 1. The average Bonchev–Trinajstić information content (AvgIpc) is 3.18. The standard InChI is InChI=1S/C26H21N3O3/c1-32-24-9-5-4-8-22(24)23-12-13-26(31)29(28-23)16-25(30)27-19-10-11-21-18(15-19)14-17-6-2-3-7-20(17)21/h2-13,15H,14,16H2,1H3,(H,27,30). The second kappa shape index (κ2) is 8.15. The molecule has 4 aromatic rings. The highest BCUT2D eigenvalue weighted by atomic mass is 16.5.